The Kier molecular flexibility index (Phi) is 2.97. The summed E-state index contributed by atoms with van der Waals surface area (Å²) < 4.78 is 0. The van der Waals surface area contributed by atoms with Gasteiger partial charge in [-0.05, 0) is 20.8 Å². The van der Waals surface area contributed by atoms with E-state index in [-0.39, 0.29) is 0 Å². The number of likely N-dealkylation sites (N-methyl/N-ethyl adjacent to an activating group) is 1. The van der Waals surface area contributed by atoms with E-state index in [0.29, 0.717) is 12.2 Å². The minimum Gasteiger partial charge on any atom is -0.389 e. The summed E-state index contributed by atoms with van der Waals surface area (Å²) in [6.07, 6.45) is 3.21. The SMILES string of the molecule is CCN(CC(C)(C)O)c1ncnc2[nH]ncc12. The molecule has 0 aliphatic carbocycles. The molecule has 0 atom stereocenters. The molecule has 2 N–H and O–H groups in total. The van der Waals surface area contributed by atoms with Crippen molar-refractivity contribution in [1.29, 1.82) is 0 Å². The molecule has 0 aliphatic heterocycles. The van der Waals surface area contributed by atoms with Crippen molar-refractivity contribution >= 4 is 16.9 Å². The third kappa shape index (κ3) is 2.52. The van der Waals surface area contributed by atoms with E-state index >= 15 is 0 Å². The minimum atomic E-state index is -0.767. The first-order valence-electron chi connectivity index (χ1n) is 5.62. The second-order valence-corrected chi connectivity index (χ2v) is 4.66. The molecule has 92 valence electrons. The van der Waals surface area contributed by atoms with Gasteiger partial charge >= 0.3 is 0 Å². The molecule has 0 spiro atoms. The summed E-state index contributed by atoms with van der Waals surface area (Å²) in [6, 6.07) is 0. The van der Waals surface area contributed by atoms with Crippen LogP contribution >= 0.6 is 0 Å². The Morgan fingerprint density at radius 3 is 2.82 bits per heavy atom. The Balaban J connectivity index is 2.39. The van der Waals surface area contributed by atoms with Crippen LogP contribution in [0.2, 0.25) is 0 Å². The lowest BCUT2D eigenvalue weighted by atomic mass is 10.1. The van der Waals surface area contributed by atoms with Gasteiger partial charge in [-0.15, -0.1) is 0 Å². The molecule has 0 amide bonds. The van der Waals surface area contributed by atoms with E-state index in [2.05, 4.69) is 20.2 Å². The number of aromatic amines is 1. The number of H-pyrrole nitrogens is 1. The lowest BCUT2D eigenvalue weighted by Gasteiger charge is -2.29. The fraction of sp³-hybridized carbons (Fsp3) is 0.545. The summed E-state index contributed by atoms with van der Waals surface area (Å²) in [7, 11) is 0. The first kappa shape index (κ1) is 11.8. The maximum Gasteiger partial charge on any atom is 0.160 e. The van der Waals surface area contributed by atoms with E-state index in [1.54, 1.807) is 20.0 Å². The quantitative estimate of drug-likeness (QED) is 0.825. The number of fused-ring (bicyclic) bond motifs is 1. The van der Waals surface area contributed by atoms with Crippen LogP contribution in [0, 0.1) is 0 Å². The van der Waals surface area contributed by atoms with Gasteiger partial charge in [0.25, 0.3) is 0 Å². The van der Waals surface area contributed by atoms with Gasteiger partial charge in [-0.2, -0.15) is 5.10 Å². The van der Waals surface area contributed by atoms with Crippen LogP contribution in [0.5, 0.6) is 0 Å². The Bertz CT molecular complexity index is 502. The molecule has 0 radical (unpaired) electrons. The maximum absolute atomic E-state index is 9.89. The van der Waals surface area contributed by atoms with Crippen LogP contribution in [0.25, 0.3) is 11.0 Å². The van der Waals surface area contributed by atoms with Crippen molar-refractivity contribution in [2.75, 3.05) is 18.0 Å². The Hall–Kier alpha value is -1.69. The smallest absolute Gasteiger partial charge is 0.160 e. The van der Waals surface area contributed by atoms with E-state index in [1.165, 1.54) is 6.33 Å². The fourth-order valence-electron chi connectivity index (χ4n) is 1.81. The molecule has 0 fully saturated rings. The summed E-state index contributed by atoms with van der Waals surface area (Å²) >= 11 is 0. The predicted molar refractivity (Wildman–Crippen MR) is 65.9 cm³/mol. The summed E-state index contributed by atoms with van der Waals surface area (Å²) in [6.45, 7) is 6.87. The first-order valence-corrected chi connectivity index (χ1v) is 5.62. The Labute approximate surface area is 99.7 Å². The normalized spacial score (nSPS) is 12.0. The first-order chi connectivity index (χ1) is 8.01. The van der Waals surface area contributed by atoms with Gasteiger partial charge in [0.15, 0.2) is 5.65 Å². The number of anilines is 1. The van der Waals surface area contributed by atoms with Crippen molar-refractivity contribution in [2.24, 2.45) is 0 Å². The molecular weight excluding hydrogens is 218 g/mol. The number of aliphatic hydroxyl groups is 1. The van der Waals surface area contributed by atoms with Crippen LogP contribution in [0.3, 0.4) is 0 Å². The van der Waals surface area contributed by atoms with Crippen LogP contribution in [0.15, 0.2) is 12.5 Å². The summed E-state index contributed by atoms with van der Waals surface area (Å²) in [5.41, 5.74) is -0.0546. The molecule has 2 aromatic heterocycles. The van der Waals surface area contributed by atoms with Gasteiger partial charge in [-0.3, -0.25) is 5.10 Å². The number of nitrogens with zero attached hydrogens (tertiary/aromatic N) is 4. The molecule has 0 aliphatic rings. The van der Waals surface area contributed by atoms with Crippen LogP contribution in [-0.2, 0) is 0 Å². The Morgan fingerprint density at radius 1 is 1.41 bits per heavy atom. The van der Waals surface area contributed by atoms with Crippen molar-refractivity contribution in [3.05, 3.63) is 12.5 Å². The summed E-state index contributed by atoms with van der Waals surface area (Å²) in [5.74, 6) is 0.799. The number of hydrogen-bond acceptors (Lipinski definition) is 5. The second-order valence-electron chi connectivity index (χ2n) is 4.66. The van der Waals surface area contributed by atoms with E-state index in [4.69, 9.17) is 0 Å². The molecule has 0 unspecified atom stereocenters. The van der Waals surface area contributed by atoms with E-state index < -0.39 is 5.60 Å². The zero-order valence-corrected chi connectivity index (χ0v) is 10.3. The fourth-order valence-corrected chi connectivity index (χ4v) is 1.81. The maximum atomic E-state index is 9.89. The third-order valence-corrected chi connectivity index (χ3v) is 2.49. The van der Waals surface area contributed by atoms with Crippen LogP contribution in [0.1, 0.15) is 20.8 Å². The molecule has 6 heteroatoms. The van der Waals surface area contributed by atoms with Crippen molar-refractivity contribution in [1.82, 2.24) is 20.2 Å². The number of aromatic nitrogens is 4. The molecule has 0 bridgehead atoms. The lowest BCUT2D eigenvalue weighted by molar-refractivity contribution is 0.0875. The summed E-state index contributed by atoms with van der Waals surface area (Å²) in [4.78, 5) is 10.4. The molecule has 6 nitrogen and oxygen atoms in total. The topological polar surface area (TPSA) is 77.9 Å². The van der Waals surface area contributed by atoms with E-state index in [9.17, 15) is 5.11 Å². The highest BCUT2D eigenvalue weighted by Gasteiger charge is 2.20. The van der Waals surface area contributed by atoms with Gasteiger partial charge in [-0.1, -0.05) is 0 Å². The lowest BCUT2D eigenvalue weighted by Crippen LogP contribution is -2.39. The molecule has 2 heterocycles. The zero-order chi connectivity index (χ0) is 12.5. The van der Waals surface area contributed by atoms with E-state index in [1.807, 2.05) is 11.8 Å². The number of nitrogens with one attached hydrogen (secondary N) is 1. The van der Waals surface area contributed by atoms with Crippen LogP contribution < -0.4 is 4.90 Å². The second kappa shape index (κ2) is 4.29. The number of rotatable bonds is 4. The van der Waals surface area contributed by atoms with E-state index in [0.717, 1.165) is 17.7 Å². The van der Waals surface area contributed by atoms with Crippen molar-refractivity contribution in [3.8, 4) is 0 Å². The monoisotopic (exact) mass is 235 g/mol. The van der Waals surface area contributed by atoms with Crippen molar-refractivity contribution in [2.45, 2.75) is 26.4 Å². The largest absolute Gasteiger partial charge is 0.389 e. The van der Waals surface area contributed by atoms with Gasteiger partial charge in [0.2, 0.25) is 0 Å². The molecule has 17 heavy (non-hydrogen) atoms. The molecule has 0 aromatic carbocycles. The highest BCUT2D eigenvalue weighted by molar-refractivity contribution is 5.86. The Morgan fingerprint density at radius 2 is 2.18 bits per heavy atom. The molecule has 2 rings (SSSR count). The average Bonchev–Trinajstić information content (AvgIpc) is 2.72. The average molecular weight is 235 g/mol. The van der Waals surface area contributed by atoms with Crippen LogP contribution in [-0.4, -0.2) is 44.0 Å². The highest BCUT2D eigenvalue weighted by Crippen LogP contribution is 2.22. The standard InChI is InChI=1S/C11H17N5O/c1-4-16(6-11(2,3)17)10-8-5-14-15-9(8)12-7-13-10/h5,7,17H,4,6H2,1-3H3,(H,12,13,14,15). The molecule has 2 aromatic rings. The van der Waals surface area contributed by atoms with Crippen molar-refractivity contribution < 1.29 is 5.11 Å². The molecule has 0 saturated carbocycles. The minimum absolute atomic E-state index is 0.515. The van der Waals surface area contributed by atoms with Crippen LogP contribution in [0.4, 0.5) is 5.82 Å². The van der Waals surface area contributed by atoms with Gasteiger partial charge < -0.3 is 10.0 Å². The highest BCUT2D eigenvalue weighted by atomic mass is 16.3. The van der Waals surface area contributed by atoms with Gasteiger partial charge in [0.05, 0.1) is 17.2 Å². The van der Waals surface area contributed by atoms with Gasteiger partial charge in [0.1, 0.15) is 12.1 Å². The molecule has 0 saturated heterocycles. The third-order valence-electron chi connectivity index (χ3n) is 2.49. The van der Waals surface area contributed by atoms with Crippen molar-refractivity contribution in [3.63, 3.8) is 0 Å². The van der Waals surface area contributed by atoms with Gasteiger partial charge in [-0.25, -0.2) is 9.97 Å². The number of hydrogen-bond donors (Lipinski definition) is 2. The summed E-state index contributed by atoms with van der Waals surface area (Å²) in [5, 5.41) is 17.5. The van der Waals surface area contributed by atoms with Gasteiger partial charge in [0, 0.05) is 13.1 Å². The zero-order valence-electron chi connectivity index (χ0n) is 10.3. The molecular formula is C11H17N5O. The predicted octanol–water partition coefficient (Wildman–Crippen LogP) is 0.950.